The van der Waals surface area contributed by atoms with Crippen LogP contribution in [0.25, 0.3) is 0 Å². The summed E-state index contributed by atoms with van der Waals surface area (Å²) in [5, 5.41) is 3.60. The van der Waals surface area contributed by atoms with Gasteiger partial charge in [-0.15, -0.1) is 0 Å². The Morgan fingerprint density at radius 3 is 2.71 bits per heavy atom. The van der Waals surface area contributed by atoms with Crippen LogP contribution >= 0.6 is 0 Å². The number of carbonyl (C=O) groups excluding carboxylic acids is 1. The Labute approximate surface area is 142 Å². The smallest absolute Gasteiger partial charge is 0.232 e. The molecule has 4 heteroatoms. The molecule has 1 N–H and O–H groups in total. The fourth-order valence-electron chi connectivity index (χ4n) is 3.85. The number of nitrogens with zero attached hydrogens (tertiary/aromatic N) is 1. The van der Waals surface area contributed by atoms with Gasteiger partial charge in [0.05, 0.1) is 30.9 Å². The largest absolute Gasteiger partial charge is 0.497 e. The van der Waals surface area contributed by atoms with Crippen LogP contribution < -0.4 is 15.0 Å². The first-order valence-electron chi connectivity index (χ1n) is 8.56. The highest BCUT2D eigenvalue weighted by Crippen LogP contribution is 2.39. The number of para-hydroxylation sites is 2. The lowest BCUT2D eigenvalue weighted by molar-refractivity contribution is -0.122. The zero-order valence-electron chi connectivity index (χ0n) is 13.9. The van der Waals surface area contributed by atoms with E-state index in [2.05, 4.69) is 11.4 Å². The lowest BCUT2D eigenvalue weighted by Crippen LogP contribution is -2.38. The number of amides is 1. The summed E-state index contributed by atoms with van der Waals surface area (Å²) in [6.07, 6.45) is 3.16. The van der Waals surface area contributed by atoms with E-state index in [1.807, 2.05) is 47.4 Å². The molecule has 1 fully saturated rings. The number of methoxy groups -OCH3 is 1. The van der Waals surface area contributed by atoms with Gasteiger partial charge in [0.1, 0.15) is 5.75 Å². The Balaban J connectivity index is 1.69. The number of carbonyl (C=O) groups is 1. The van der Waals surface area contributed by atoms with E-state index in [0.29, 0.717) is 6.54 Å². The molecule has 1 amide bonds. The molecule has 24 heavy (non-hydrogen) atoms. The van der Waals surface area contributed by atoms with Gasteiger partial charge in [0.25, 0.3) is 0 Å². The van der Waals surface area contributed by atoms with Crippen LogP contribution in [0.3, 0.4) is 0 Å². The Bertz CT molecular complexity index is 742. The topological polar surface area (TPSA) is 41.6 Å². The van der Waals surface area contributed by atoms with Gasteiger partial charge in [0.15, 0.2) is 0 Å². The van der Waals surface area contributed by atoms with Crippen LogP contribution in [0.2, 0.25) is 0 Å². The van der Waals surface area contributed by atoms with Gasteiger partial charge in [0.2, 0.25) is 5.91 Å². The number of nitrogens with one attached hydrogen (secondary N) is 1. The Morgan fingerprint density at radius 2 is 1.92 bits per heavy atom. The van der Waals surface area contributed by atoms with Gasteiger partial charge in [0, 0.05) is 6.04 Å². The average Bonchev–Trinajstić information content (AvgIpc) is 3.05. The maximum Gasteiger partial charge on any atom is 0.232 e. The molecule has 1 aliphatic heterocycles. The van der Waals surface area contributed by atoms with E-state index in [-0.39, 0.29) is 17.9 Å². The molecule has 0 radical (unpaired) electrons. The normalized spacial score (nSPS) is 22.4. The minimum absolute atomic E-state index is 0.0793. The molecule has 0 saturated heterocycles. The van der Waals surface area contributed by atoms with Gasteiger partial charge in [-0.1, -0.05) is 30.7 Å². The zero-order valence-corrected chi connectivity index (χ0v) is 13.9. The predicted molar refractivity (Wildman–Crippen MR) is 95.4 cm³/mol. The van der Waals surface area contributed by atoms with Crippen LogP contribution in [0, 0.1) is 5.92 Å². The number of rotatable bonds is 3. The summed E-state index contributed by atoms with van der Waals surface area (Å²) in [7, 11) is 1.66. The molecular formula is C20H22N2O2. The molecule has 2 aromatic carbocycles. The third kappa shape index (κ3) is 2.62. The number of ether oxygens (including phenoxy) is 1. The van der Waals surface area contributed by atoms with Crippen LogP contribution in [0.15, 0.2) is 48.5 Å². The lowest BCUT2D eigenvalue weighted by atomic mass is 10.0. The van der Waals surface area contributed by atoms with E-state index in [4.69, 9.17) is 4.74 Å². The Kier molecular flexibility index (Phi) is 3.89. The van der Waals surface area contributed by atoms with Crippen molar-refractivity contribution in [3.05, 3.63) is 54.1 Å². The summed E-state index contributed by atoms with van der Waals surface area (Å²) in [6, 6.07) is 16.3. The Morgan fingerprint density at radius 1 is 1.12 bits per heavy atom. The van der Waals surface area contributed by atoms with Gasteiger partial charge >= 0.3 is 0 Å². The molecule has 2 unspecified atom stereocenters. The number of hydrogen-bond donors (Lipinski definition) is 1. The highest BCUT2D eigenvalue weighted by Gasteiger charge is 2.39. The van der Waals surface area contributed by atoms with Crippen molar-refractivity contribution in [3.8, 4) is 5.75 Å². The minimum Gasteiger partial charge on any atom is -0.497 e. The molecule has 4 nitrogen and oxygen atoms in total. The first kappa shape index (κ1) is 15.1. The first-order chi connectivity index (χ1) is 11.8. The van der Waals surface area contributed by atoms with Crippen molar-refractivity contribution >= 4 is 17.3 Å². The molecule has 2 aliphatic rings. The van der Waals surface area contributed by atoms with Crippen LogP contribution in [0.1, 0.15) is 24.8 Å². The number of fused-ring (bicyclic) bond motifs is 2. The van der Waals surface area contributed by atoms with Gasteiger partial charge in [-0.05, 0) is 42.7 Å². The van der Waals surface area contributed by atoms with Crippen molar-refractivity contribution in [1.82, 2.24) is 0 Å². The van der Waals surface area contributed by atoms with E-state index >= 15 is 0 Å². The SMILES string of the molecule is COc1ccc(CN2C(=O)C3CCCC3Nc3ccccc32)cc1. The first-order valence-corrected chi connectivity index (χ1v) is 8.56. The van der Waals surface area contributed by atoms with Crippen molar-refractivity contribution in [2.45, 2.75) is 31.8 Å². The van der Waals surface area contributed by atoms with Crippen molar-refractivity contribution in [3.63, 3.8) is 0 Å². The molecule has 1 aliphatic carbocycles. The van der Waals surface area contributed by atoms with Crippen molar-refractivity contribution in [2.75, 3.05) is 17.3 Å². The van der Waals surface area contributed by atoms with Crippen molar-refractivity contribution < 1.29 is 9.53 Å². The van der Waals surface area contributed by atoms with Crippen LogP contribution in [-0.4, -0.2) is 19.1 Å². The molecule has 2 aromatic rings. The van der Waals surface area contributed by atoms with E-state index in [1.54, 1.807) is 7.11 Å². The fraction of sp³-hybridized carbons (Fsp3) is 0.350. The molecule has 0 aromatic heterocycles. The fourth-order valence-corrected chi connectivity index (χ4v) is 3.85. The highest BCUT2D eigenvalue weighted by molar-refractivity contribution is 6.00. The van der Waals surface area contributed by atoms with Crippen LogP contribution in [0.4, 0.5) is 11.4 Å². The number of hydrogen-bond acceptors (Lipinski definition) is 3. The summed E-state index contributed by atoms with van der Waals surface area (Å²) < 4.78 is 5.22. The quantitative estimate of drug-likeness (QED) is 0.934. The number of benzene rings is 2. The van der Waals surface area contributed by atoms with E-state index in [9.17, 15) is 4.79 Å². The van der Waals surface area contributed by atoms with Gasteiger partial charge < -0.3 is 15.0 Å². The summed E-state index contributed by atoms with van der Waals surface area (Å²) in [4.78, 5) is 15.1. The predicted octanol–water partition coefficient (Wildman–Crippen LogP) is 3.82. The van der Waals surface area contributed by atoms with Gasteiger partial charge in [-0.3, -0.25) is 4.79 Å². The maximum atomic E-state index is 13.2. The molecule has 4 rings (SSSR count). The molecule has 0 bridgehead atoms. The molecule has 0 spiro atoms. The maximum absolute atomic E-state index is 13.2. The molecule has 1 heterocycles. The minimum atomic E-state index is 0.0793. The third-order valence-electron chi connectivity index (χ3n) is 5.13. The molecular weight excluding hydrogens is 300 g/mol. The highest BCUT2D eigenvalue weighted by atomic mass is 16.5. The molecule has 124 valence electrons. The average molecular weight is 322 g/mol. The Hall–Kier alpha value is -2.49. The zero-order chi connectivity index (χ0) is 16.5. The summed E-state index contributed by atoms with van der Waals surface area (Å²) in [6.45, 7) is 0.588. The molecule has 2 atom stereocenters. The third-order valence-corrected chi connectivity index (χ3v) is 5.13. The molecule has 1 saturated carbocycles. The van der Waals surface area contributed by atoms with Crippen molar-refractivity contribution in [1.29, 1.82) is 0 Å². The number of anilines is 2. The van der Waals surface area contributed by atoms with E-state index in [1.165, 1.54) is 0 Å². The lowest BCUT2D eigenvalue weighted by Gasteiger charge is -2.25. The summed E-state index contributed by atoms with van der Waals surface area (Å²) >= 11 is 0. The van der Waals surface area contributed by atoms with E-state index in [0.717, 1.165) is 42.0 Å². The van der Waals surface area contributed by atoms with Crippen LogP contribution in [0.5, 0.6) is 5.75 Å². The summed E-state index contributed by atoms with van der Waals surface area (Å²) in [5.74, 6) is 1.15. The second kappa shape index (κ2) is 6.19. The second-order valence-electron chi connectivity index (χ2n) is 6.58. The van der Waals surface area contributed by atoms with Crippen molar-refractivity contribution in [2.24, 2.45) is 5.92 Å². The van der Waals surface area contributed by atoms with Gasteiger partial charge in [-0.2, -0.15) is 0 Å². The van der Waals surface area contributed by atoms with Gasteiger partial charge in [-0.25, -0.2) is 0 Å². The monoisotopic (exact) mass is 322 g/mol. The van der Waals surface area contributed by atoms with Crippen LogP contribution in [-0.2, 0) is 11.3 Å². The summed E-state index contributed by atoms with van der Waals surface area (Å²) in [5.41, 5.74) is 3.15. The second-order valence-corrected chi connectivity index (χ2v) is 6.58. The standard InChI is InChI=1S/C20H22N2O2/c1-24-15-11-9-14(10-12-15)13-22-19-8-3-2-6-18(19)21-17-7-4-5-16(17)20(22)23/h2-3,6,8-12,16-17,21H,4-5,7,13H2,1H3. The van der Waals surface area contributed by atoms with E-state index < -0.39 is 0 Å².